The van der Waals surface area contributed by atoms with Gasteiger partial charge < -0.3 is 5.32 Å². The second kappa shape index (κ2) is 5.88. The predicted molar refractivity (Wildman–Crippen MR) is 89.0 cm³/mol. The Kier molecular flexibility index (Phi) is 3.94. The first kappa shape index (κ1) is 14.7. The maximum Gasteiger partial charge on any atom is 0.252 e. The minimum Gasteiger partial charge on any atom is -0.352 e. The molecule has 0 aliphatic heterocycles. The Morgan fingerprint density at radius 3 is 2.95 bits per heavy atom. The molecule has 3 heterocycles. The SMILES string of the molecule is CC(C)CNC(=O)c1cc(-c2ccsc2)nc2c1cnn2C. The summed E-state index contributed by atoms with van der Waals surface area (Å²) >= 11 is 1.61. The molecule has 0 aromatic carbocycles. The molecule has 0 aliphatic carbocycles. The number of thiophene rings is 1. The summed E-state index contributed by atoms with van der Waals surface area (Å²) in [6, 6.07) is 3.85. The van der Waals surface area contributed by atoms with Gasteiger partial charge in [0.05, 0.1) is 22.8 Å². The number of amides is 1. The number of hydrogen-bond acceptors (Lipinski definition) is 4. The predicted octanol–water partition coefficient (Wildman–Crippen LogP) is 3.08. The Morgan fingerprint density at radius 2 is 2.27 bits per heavy atom. The van der Waals surface area contributed by atoms with Gasteiger partial charge in [0.1, 0.15) is 0 Å². The highest BCUT2D eigenvalue weighted by Gasteiger charge is 2.16. The molecule has 114 valence electrons. The molecule has 0 saturated heterocycles. The molecule has 6 heteroatoms. The fraction of sp³-hybridized carbons (Fsp3) is 0.312. The summed E-state index contributed by atoms with van der Waals surface area (Å²) in [5.74, 6) is 0.331. The van der Waals surface area contributed by atoms with E-state index in [9.17, 15) is 4.79 Å². The topological polar surface area (TPSA) is 59.8 Å². The third-order valence-corrected chi connectivity index (χ3v) is 4.12. The molecule has 0 fully saturated rings. The minimum atomic E-state index is -0.0782. The van der Waals surface area contributed by atoms with Crippen LogP contribution in [0.3, 0.4) is 0 Å². The van der Waals surface area contributed by atoms with Crippen molar-refractivity contribution in [1.82, 2.24) is 20.1 Å². The molecule has 0 aliphatic rings. The lowest BCUT2D eigenvalue weighted by atomic mass is 10.1. The van der Waals surface area contributed by atoms with Gasteiger partial charge in [0.15, 0.2) is 5.65 Å². The maximum atomic E-state index is 12.5. The smallest absolute Gasteiger partial charge is 0.252 e. The van der Waals surface area contributed by atoms with Crippen LogP contribution < -0.4 is 5.32 Å². The number of nitrogens with zero attached hydrogens (tertiary/aromatic N) is 3. The van der Waals surface area contributed by atoms with Gasteiger partial charge in [0.25, 0.3) is 5.91 Å². The lowest BCUT2D eigenvalue weighted by Crippen LogP contribution is -2.27. The van der Waals surface area contributed by atoms with Crippen LogP contribution in [0.15, 0.2) is 29.1 Å². The van der Waals surface area contributed by atoms with Gasteiger partial charge in [-0.15, -0.1) is 0 Å². The van der Waals surface area contributed by atoms with Gasteiger partial charge in [-0.2, -0.15) is 16.4 Å². The van der Waals surface area contributed by atoms with Crippen molar-refractivity contribution in [2.45, 2.75) is 13.8 Å². The Hall–Kier alpha value is -2.21. The number of hydrogen-bond donors (Lipinski definition) is 1. The second-order valence-corrected chi connectivity index (χ2v) is 6.46. The van der Waals surface area contributed by atoms with Gasteiger partial charge in [-0.25, -0.2) is 4.98 Å². The van der Waals surface area contributed by atoms with E-state index in [0.29, 0.717) is 18.0 Å². The zero-order chi connectivity index (χ0) is 15.7. The van der Waals surface area contributed by atoms with E-state index in [1.54, 1.807) is 22.2 Å². The van der Waals surface area contributed by atoms with E-state index in [2.05, 4.69) is 29.2 Å². The number of carbonyl (C=O) groups excluding carboxylic acids is 1. The number of carbonyl (C=O) groups is 1. The number of fused-ring (bicyclic) bond motifs is 1. The van der Waals surface area contributed by atoms with Gasteiger partial charge in [0.2, 0.25) is 0 Å². The van der Waals surface area contributed by atoms with Crippen LogP contribution in [-0.2, 0) is 7.05 Å². The zero-order valence-corrected chi connectivity index (χ0v) is 13.6. The molecular formula is C16H18N4OS. The first-order valence-electron chi connectivity index (χ1n) is 7.19. The number of pyridine rings is 1. The van der Waals surface area contributed by atoms with E-state index >= 15 is 0 Å². The Morgan fingerprint density at radius 1 is 1.45 bits per heavy atom. The summed E-state index contributed by atoms with van der Waals surface area (Å²) in [4.78, 5) is 17.2. The average molecular weight is 314 g/mol. The van der Waals surface area contributed by atoms with Crippen LogP contribution in [0, 0.1) is 5.92 Å². The van der Waals surface area contributed by atoms with E-state index in [0.717, 1.165) is 22.3 Å². The van der Waals surface area contributed by atoms with E-state index in [4.69, 9.17) is 0 Å². The molecule has 0 bridgehead atoms. The average Bonchev–Trinajstić information content (AvgIpc) is 3.14. The summed E-state index contributed by atoms with van der Waals surface area (Å²) in [6.45, 7) is 4.79. The highest BCUT2D eigenvalue weighted by Crippen LogP contribution is 2.26. The Balaban J connectivity index is 2.09. The fourth-order valence-corrected chi connectivity index (χ4v) is 2.90. The number of nitrogens with one attached hydrogen (secondary N) is 1. The molecule has 3 rings (SSSR count). The molecule has 22 heavy (non-hydrogen) atoms. The number of aryl methyl sites for hydroxylation is 1. The lowest BCUT2D eigenvalue weighted by molar-refractivity contribution is 0.0950. The van der Waals surface area contributed by atoms with Crippen molar-refractivity contribution >= 4 is 28.3 Å². The molecular weight excluding hydrogens is 296 g/mol. The van der Waals surface area contributed by atoms with E-state index in [-0.39, 0.29) is 5.91 Å². The van der Waals surface area contributed by atoms with Crippen LogP contribution in [0.25, 0.3) is 22.3 Å². The van der Waals surface area contributed by atoms with Gasteiger partial charge in [0, 0.05) is 24.5 Å². The zero-order valence-electron chi connectivity index (χ0n) is 12.8. The summed E-state index contributed by atoms with van der Waals surface area (Å²) in [6.07, 6.45) is 1.70. The van der Waals surface area contributed by atoms with Crippen LogP contribution >= 0.6 is 11.3 Å². The van der Waals surface area contributed by atoms with Crippen LogP contribution in [0.5, 0.6) is 0 Å². The standard InChI is InChI=1S/C16H18N4OS/c1-10(2)7-17-16(21)12-6-14(11-4-5-22-9-11)19-15-13(12)8-18-20(15)3/h4-6,8-10H,7H2,1-3H3,(H,17,21). The van der Waals surface area contributed by atoms with Crippen molar-refractivity contribution in [3.05, 3.63) is 34.7 Å². The van der Waals surface area contributed by atoms with Crippen molar-refractivity contribution in [2.24, 2.45) is 13.0 Å². The molecule has 0 spiro atoms. The molecule has 0 atom stereocenters. The van der Waals surface area contributed by atoms with Crippen molar-refractivity contribution in [2.75, 3.05) is 6.54 Å². The highest BCUT2D eigenvalue weighted by molar-refractivity contribution is 7.08. The summed E-state index contributed by atoms with van der Waals surface area (Å²) in [5, 5.41) is 12.0. The van der Waals surface area contributed by atoms with Crippen molar-refractivity contribution in [1.29, 1.82) is 0 Å². The van der Waals surface area contributed by atoms with Crippen LogP contribution in [0.4, 0.5) is 0 Å². The Labute approximate surface area is 133 Å². The van der Waals surface area contributed by atoms with Gasteiger partial charge in [-0.05, 0) is 23.4 Å². The van der Waals surface area contributed by atoms with E-state index < -0.39 is 0 Å². The number of rotatable bonds is 4. The quantitative estimate of drug-likeness (QED) is 0.805. The molecule has 1 N–H and O–H groups in total. The van der Waals surface area contributed by atoms with Gasteiger partial charge >= 0.3 is 0 Å². The second-order valence-electron chi connectivity index (χ2n) is 5.68. The van der Waals surface area contributed by atoms with Crippen molar-refractivity contribution in [3.63, 3.8) is 0 Å². The summed E-state index contributed by atoms with van der Waals surface area (Å²) in [7, 11) is 1.84. The van der Waals surface area contributed by atoms with Gasteiger partial charge in [-0.1, -0.05) is 13.8 Å². The Bertz CT molecular complexity index is 805. The highest BCUT2D eigenvalue weighted by atomic mass is 32.1. The number of aromatic nitrogens is 3. The lowest BCUT2D eigenvalue weighted by Gasteiger charge is -2.09. The third kappa shape index (κ3) is 2.74. The summed E-state index contributed by atoms with van der Waals surface area (Å²) in [5.41, 5.74) is 3.16. The monoisotopic (exact) mass is 314 g/mol. The van der Waals surface area contributed by atoms with Crippen molar-refractivity contribution in [3.8, 4) is 11.3 Å². The molecule has 3 aromatic heterocycles. The molecule has 0 unspecified atom stereocenters. The van der Waals surface area contributed by atoms with Crippen LogP contribution in [0.1, 0.15) is 24.2 Å². The molecule has 5 nitrogen and oxygen atoms in total. The molecule has 3 aromatic rings. The molecule has 1 amide bonds. The van der Waals surface area contributed by atoms with E-state index in [1.807, 2.05) is 29.9 Å². The molecule has 0 saturated carbocycles. The van der Waals surface area contributed by atoms with E-state index in [1.165, 1.54) is 0 Å². The third-order valence-electron chi connectivity index (χ3n) is 3.44. The van der Waals surface area contributed by atoms with Crippen LogP contribution in [-0.4, -0.2) is 27.2 Å². The van der Waals surface area contributed by atoms with Crippen molar-refractivity contribution < 1.29 is 4.79 Å². The first-order chi connectivity index (χ1) is 10.6. The fourth-order valence-electron chi connectivity index (χ4n) is 2.25. The normalized spacial score (nSPS) is 11.3. The minimum absolute atomic E-state index is 0.0782. The largest absolute Gasteiger partial charge is 0.352 e. The molecule has 0 radical (unpaired) electrons. The first-order valence-corrected chi connectivity index (χ1v) is 8.14. The summed E-state index contributed by atoms with van der Waals surface area (Å²) < 4.78 is 1.70. The van der Waals surface area contributed by atoms with Gasteiger partial charge in [-0.3, -0.25) is 9.48 Å². The maximum absolute atomic E-state index is 12.5. The van der Waals surface area contributed by atoms with Crippen LogP contribution in [0.2, 0.25) is 0 Å².